The van der Waals surface area contributed by atoms with Crippen molar-refractivity contribution in [3.63, 3.8) is 0 Å². The molecule has 0 aliphatic rings. The minimum Gasteiger partial charge on any atom is -0.293 e. The van der Waals surface area contributed by atoms with Gasteiger partial charge in [0.05, 0.1) is 4.83 Å². The molecule has 1 nitrogen and oxygen atoms in total. The first-order valence-electron chi connectivity index (χ1n) is 3.86. The van der Waals surface area contributed by atoms with Crippen molar-refractivity contribution >= 4 is 21.7 Å². The SMILES string of the molecule is Cc1cccc(C(=O)[C@@H](C)Br)c1. The van der Waals surface area contributed by atoms with Crippen molar-refractivity contribution in [3.05, 3.63) is 35.4 Å². The van der Waals surface area contributed by atoms with Crippen molar-refractivity contribution in [2.24, 2.45) is 0 Å². The number of carbonyl (C=O) groups is 1. The van der Waals surface area contributed by atoms with E-state index in [9.17, 15) is 4.79 Å². The molecule has 64 valence electrons. The zero-order chi connectivity index (χ0) is 9.14. The molecule has 0 heterocycles. The summed E-state index contributed by atoms with van der Waals surface area (Å²) in [6.45, 7) is 3.82. The molecule has 2 heteroatoms. The van der Waals surface area contributed by atoms with Gasteiger partial charge in [-0.1, -0.05) is 39.7 Å². The maximum atomic E-state index is 11.4. The average Bonchev–Trinajstić information content (AvgIpc) is 2.03. The molecular formula is C10H11BrO. The van der Waals surface area contributed by atoms with Gasteiger partial charge >= 0.3 is 0 Å². The Kier molecular flexibility index (Phi) is 3.04. The first-order chi connectivity index (χ1) is 5.61. The van der Waals surface area contributed by atoms with Crippen molar-refractivity contribution in [3.8, 4) is 0 Å². The monoisotopic (exact) mass is 226 g/mol. The molecule has 0 aromatic heterocycles. The third-order valence-corrected chi connectivity index (χ3v) is 2.08. The normalized spacial score (nSPS) is 12.6. The Morgan fingerprint density at radius 2 is 2.17 bits per heavy atom. The maximum absolute atomic E-state index is 11.4. The summed E-state index contributed by atoms with van der Waals surface area (Å²) in [5.74, 6) is 0.138. The predicted octanol–water partition coefficient (Wildman–Crippen LogP) is 2.96. The van der Waals surface area contributed by atoms with Gasteiger partial charge in [-0.2, -0.15) is 0 Å². The molecule has 0 spiro atoms. The fraction of sp³-hybridized carbons (Fsp3) is 0.300. The molecule has 0 unspecified atom stereocenters. The van der Waals surface area contributed by atoms with E-state index in [-0.39, 0.29) is 10.6 Å². The number of Topliss-reactive ketones (excluding diaryl/α,β-unsaturated/α-hetero) is 1. The summed E-state index contributed by atoms with van der Waals surface area (Å²) in [6, 6.07) is 7.63. The summed E-state index contributed by atoms with van der Waals surface area (Å²) >= 11 is 3.25. The van der Waals surface area contributed by atoms with E-state index >= 15 is 0 Å². The predicted molar refractivity (Wildman–Crippen MR) is 53.9 cm³/mol. The van der Waals surface area contributed by atoms with E-state index in [1.807, 2.05) is 38.1 Å². The highest BCUT2D eigenvalue weighted by Gasteiger charge is 2.10. The molecular weight excluding hydrogens is 216 g/mol. The van der Waals surface area contributed by atoms with Gasteiger partial charge in [0.25, 0.3) is 0 Å². The molecule has 0 aliphatic heterocycles. The zero-order valence-electron chi connectivity index (χ0n) is 7.17. The van der Waals surface area contributed by atoms with Gasteiger partial charge in [0.15, 0.2) is 5.78 Å². The number of halogens is 1. The molecule has 0 saturated carbocycles. The molecule has 0 fully saturated rings. The first kappa shape index (κ1) is 9.46. The maximum Gasteiger partial charge on any atom is 0.176 e. The molecule has 1 aromatic carbocycles. The van der Waals surface area contributed by atoms with Crippen molar-refractivity contribution in [2.75, 3.05) is 0 Å². The summed E-state index contributed by atoms with van der Waals surface area (Å²) in [7, 11) is 0. The minimum atomic E-state index is -0.0979. The highest BCUT2D eigenvalue weighted by Crippen LogP contribution is 2.10. The van der Waals surface area contributed by atoms with Gasteiger partial charge in [-0.3, -0.25) is 4.79 Å². The fourth-order valence-corrected chi connectivity index (χ4v) is 1.29. The summed E-state index contributed by atoms with van der Waals surface area (Å²) in [5, 5.41) is 0. The van der Waals surface area contributed by atoms with Gasteiger partial charge in [0, 0.05) is 5.56 Å². The van der Waals surface area contributed by atoms with Gasteiger partial charge in [-0.25, -0.2) is 0 Å². The van der Waals surface area contributed by atoms with Crippen LogP contribution in [0.3, 0.4) is 0 Å². The summed E-state index contributed by atoms with van der Waals surface area (Å²) < 4.78 is 0. The van der Waals surface area contributed by atoms with E-state index in [1.54, 1.807) is 0 Å². The average molecular weight is 227 g/mol. The molecule has 1 aromatic rings. The van der Waals surface area contributed by atoms with Crippen LogP contribution < -0.4 is 0 Å². The Morgan fingerprint density at radius 1 is 1.50 bits per heavy atom. The number of rotatable bonds is 2. The Labute approximate surface area is 80.9 Å². The van der Waals surface area contributed by atoms with Crippen LogP contribution in [0, 0.1) is 6.92 Å². The van der Waals surface area contributed by atoms with Gasteiger partial charge in [-0.05, 0) is 19.9 Å². The molecule has 0 N–H and O–H groups in total. The molecule has 0 bridgehead atoms. The second-order valence-electron chi connectivity index (χ2n) is 2.85. The lowest BCUT2D eigenvalue weighted by Crippen LogP contribution is -2.09. The van der Waals surface area contributed by atoms with Gasteiger partial charge < -0.3 is 0 Å². The molecule has 0 radical (unpaired) electrons. The lowest BCUT2D eigenvalue weighted by Gasteiger charge is -2.02. The Morgan fingerprint density at radius 3 is 2.67 bits per heavy atom. The molecule has 12 heavy (non-hydrogen) atoms. The summed E-state index contributed by atoms with van der Waals surface area (Å²) in [5.41, 5.74) is 1.90. The van der Waals surface area contributed by atoms with Crippen LogP contribution in [0.2, 0.25) is 0 Å². The largest absolute Gasteiger partial charge is 0.293 e. The van der Waals surface area contributed by atoms with Crippen LogP contribution in [-0.2, 0) is 0 Å². The third kappa shape index (κ3) is 2.18. The van der Waals surface area contributed by atoms with Gasteiger partial charge in [-0.15, -0.1) is 0 Å². The molecule has 0 aliphatic carbocycles. The van der Waals surface area contributed by atoms with Crippen molar-refractivity contribution < 1.29 is 4.79 Å². The van der Waals surface area contributed by atoms with Crippen molar-refractivity contribution in [1.29, 1.82) is 0 Å². The number of benzene rings is 1. The minimum absolute atomic E-state index is 0.0979. The lowest BCUT2D eigenvalue weighted by molar-refractivity contribution is 0.0996. The quantitative estimate of drug-likeness (QED) is 0.560. The van der Waals surface area contributed by atoms with Crippen LogP contribution in [0.15, 0.2) is 24.3 Å². The van der Waals surface area contributed by atoms with Crippen molar-refractivity contribution in [2.45, 2.75) is 18.7 Å². The first-order valence-corrected chi connectivity index (χ1v) is 4.78. The van der Waals surface area contributed by atoms with Crippen LogP contribution in [0.4, 0.5) is 0 Å². The summed E-state index contributed by atoms with van der Waals surface area (Å²) in [4.78, 5) is 11.4. The summed E-state index contributed by atoms with van der Waals surface area (Å²) in [6.07, 6.45) is 0. The Hall–Kier alpha value is -0.630. The van der Waals surface area contributed by atoms with Crippen LogP contribution in [-0.4, -0.2) is 10.6 Å². The van der Waals surface area contributed by atoms with Crippen LogP contribution in [0.25, 0.3) is 0 Å². The molecule has 0 saturated heterocycles. The fourth-order valence-electron chi connectivity index (χ4n) is 1.03. The van der Waals surface area contributed by atoms with Crippen LogP contribution in [0.1, 0.15) is 22.8 Å². The highest BCUT2D eigenvalue weighted by molar-refractivity contribution is 9.10. The lowest BCUT2D eigenvalue weighted by atomic mass is 10.1. The zero-order valence-corrected chi connectivity index (χ0v) is 8.76. The highest BCUT2D eigenvalue weighted by atomic mass is 79.9. The van der Waals surface area contributed by atoms with Crippen LogP contribution in [0.5, 0.6) is 0 Å². The smallest absolute Gasteiger partial charge is 0.176 e. The number of hydrogen-bond acceptors (Lipinski definition) is 1. The second kappa shape index (κ2) is 3.85. The standard InChI is InChI=1S/C10H11BrO/c1-7-4-3-5-9(6-7)10(12)8(2)11/h3-6,8H,1-2H3/t8-/m1/s1. The number of ketones is 1. The molecule has 1 atom stereocenters. The third-order valence-electron chi connectivity index (χ3n) is 1.66. The van der Waals surface area contributed by atoms with E-state index in [0.29, 0.717) is 0 Å². The Bertz CT molecular complexity index is 292. The number of hydrogen-bond donors (Lipinski definition) is 0. The van der Waals surface area contributed by atoms with Gasteiger partial charge in [0.1, 0.15) is 0 Å². The molecule has 0 amide bonds. The second-order valence-corrected chi connectivity index (χ2v) is 4.22. The van der Waals surface area contributed by atoms with E-state index in [1.165, 1.54) is 0 Å². The number of alkyl halides is 1. The van der Waals surface area contributed by atoms with Crippen molar-refractivity contribution in [1.82, 2.24) is 0 Å². The van der Waals surface area contributed by atoms with E-state index < -0.39 is 0 Å². The number of aryl methyl sites for hydroxylation is 1. The van der Waals surface area contributed by atoms with Gasteiger partial charge in [0.2, 0.25) is 0 Å². The Balaban J connectivity index is 2.96. The van der Waals surface area contributed by atoms with E-state index in [2.05, 4.69) is 15.9 Å². The van der Waals surface area contributed by atoms with E-state index in [0.717, 1.165) is 11.1 Å². The van der Waals surface area contributed by atoms with E-state index in [4.69, 9.17) is 0 Å². The number of carbonyl (C=O) groups excluding carboxylic acids is 1. The topological polar surface area (TPSA) is 17.1 Å². The van der Waals surface area contributed by atoms with Crippen LogP contribution >= 0.6 is 15.9 Å². The molecule has 1 rings (SSSR count).